The topological polar surface area (TPSA) is 143 Å². The van der Waals surface area contributed by atoms with Gasteiger partial charge in [0.05, 0.1) is 0 Å². The number of anilines is 1. The third-order valence-electron chi connectivity index (χ3n) is 4.17. The van der Waals surface area contributed by atoms with Crippen molar-refractivity contribution in [1.29, 1.82) is 0 Å². The summed E-state index contributed by atoms with van der Waals surface area (Å²) in [6, 6.07) is 12.0. The van der Waals surface area contributed by atoms with Gasteiger partial charge in [-0.2, -0.15) is 0 Å². The van der Waals surface area contributed by atoms with Crippen molar-refractivity contribution in [2.24, 2.45) is 0 Å². The first-order chi connectivity index (χ1) is 14.2. The van der Waals surface area contributed by atoms with E-state index in [9.17, 15) is 24.6 Å². The number of aromatic nitrogens is 1. The molecule has 3 aromatic rings. The van der Waals surface area contributed by atoms with Gasteiger partial charge >= 0.3 is 11.9 Å². The van der Waals surface area contributed by atoms with Crippen LogP contribution in [0.5, 0.6) is 5.75 Å². The summed E-state index contributed by atoms with van der Waals surface area (Å²) >= 11 is 6.66. The Bertz CT molecular complexity index is 1220. The van der Waals surface area contributed by atoms with Crippen LogP contribution in [0.4, 0.5) is 5.82 Å². The highest BCUT2D eigenvalue weighted by molar-refractivity contribution is 9.10. The van der Waals surface area contributed by atoms with Crippen molar-refractivity contribution in [3.8, 4) is 16.9 Å². The van der Waals surface area contributed by atoms with E-state index in [1.807, 2.05) is 24.3 Å². The van der Waals surface area contributed by atoms with Gasteiger partial charge in [0.15, 0.2) is 0 Å². The van der Waals surface area contributed by atoms with Gasteiger partial charge in [0, 0.05) is 20.1 Å². The predicted octanol–water partition coefficient (Wildman–Crippen LogP) is 4.12. The molecule has 30 heavy (non-hydrogen) atoms. The lowest BCUT2D eigenvalue weighted by Crippen LogP contribution is -2.24. The number of hydrogen-bond donors (Lipinski definition) is 4. The molecule has 1 heterocycles. The Labute approximate surface area is 186 Å². The Hall–Kier alpha value is -3.11. The van der Waals surface area contributed by atoms with Crippen LogP contribution in [0.15, 0.2) is 56.2 Å². The third-order valence-corrected chi connectivity index (χ3v) is 5.15. The van der Waals surface area contributed by atoms with E-state index < -0.39 is 34.4 Å². The van der Waals surface area contributed by atoms with E-state index in [-0.39, 0.29) is 23.5 Å². The molecular formula is C20H14Br2N2O6. The molecule has 8 nitrogen and oxygen atoms in total. The molecule has 2 aromatic carbocycles. The second-order valence-corrected chi connectivity index (χ2v) is 7.99. The van der Waals surface area contributed by atoms with E-state index in [0.29, 0.717) is 4.47 Å². The molecule has 0 aliphatic carbocycles. The molecule has 0 aliphatic rings. The zero-order valence-electron chi connectivity index (χ0n) is 15.1. The molecule has 0 saturated heterocycles. The summed E-state index contributed by atoms with van der Waals surface area (Å²) in [7, 11) is 0. The lowest BCUT2D eigenvalue weighted by atomic mass is 9.94. The number of pyridine rings is 1. The van der Waals surface area contributed by atoms with Gasteiger partial charge in [0.1, 0.15) is 29.3 Å². The van der Waals surface area contributed by atoms with Crippen molar-refractivity contribution >= 4 is 49.6 Å². The first-order valence-corrected chi connectivity index (χ1v) is 9.97. The number of aromatic amines is 1. The van der Waals surface area contributed by atoms with E-state index in [4.69, 9.17) is 10.5 Å². The average Bonchev–Trinajstić information content (AvgIpc) is 2.65. The molecule has 0 amide bonds. The summed E-state index contributed by atoms with van der Waals surface area (Å²) in [6.45, 7) is 0.123. The fourth-order valence-electron chi connectivity index (χ4n) is 2.93. The van der Waals surface area contributed by atoms with Gasteiger partial charge in [0.25, 0.3) is 5.56 Å². The minimum atomic E-state index is -1.59. The van der Waals surface area contributed by atoms with Gasteiger partial charge < -0.3 is 25.7 Å². The van der Waals surface area contributed by atoms with Gasteiger partial charge in [-0.15, -0.1) is 0 Å². The quantitative estimate of drug-likeness (QED) is 0.370. The number of ether oxygens (including phenoxy) is 1. The Morgan fingerprint density at radius 1 is 1.00 bits per heavy atom. The Kier molecular flexibility index (Phi) is 6.28. The number of aromatic carboxylic acids is 2. The van der Waals surface area contributed by atoms with E-state index in [1.54, 1.807) is 12.1 Å². The molecule has 154 valence electrons. The molecule has 0 fully saturated rings. The van der Waals surface area contributed by atoms with E-state index in [0.717, 1.165) is 10.0 Å². The Balaban J connectivity index is 2.23. The summed E-state index contributed by atoms with van der Waals surface area (Å²) < 4.78 is 7.23. The minimum Gasteiger partial charge on any atom is -0.488 e. The van der Waals surface area contributed by atoms with Crippen molar-refractivity contribution in [2.75, 3.05) is 5.73 Å². The third kappa shape index (κ3) is 4.39. The summed E-state index contributed by atoms with van der Waals surface area (Å²) in [5.41, 5.74) is 4.01. The van der Waals surface area contributed by atoms with Crippen LogP contribution < -0.4 is 16.0 Å². The van der Waals surface area contributed by atoms with Crippen LogP contribution in [-0.2, 0) is 6.61 Å². The van der Waals surface area contributed by atoms with E-state index in [1.165, 1.54) is 6.07 Å². The van der Waals surface area contributed by atoms with E-state index in [2.05, 4.69) is 36.8 Å². The minimum absolute atomic E-state index is 0.104. The number of rotatable bonds is 6. The molecule has 10 heteroatoms. The monoisotopic (exact) mass is 536 g/mol. The van der Waals surface area contributed by atoms with Crippen LogP contribution >= 0.6 is 31.9 Å². The number of H-pyrrole nitrogens is 1. The molecule has 0 bridgehead atoms. The Morgan fingerprint density at radius 2 is 1.67 bits per heavy atom. The summed E-state index contributed by atoms with van der Waals surface area (Å²) in [6.07, 6.45) is 0. The summed E-state index contributed by atoms with van der Waals surface area (Å²) in [5.74, 6) is -3.34. The zero-order chi connectivity index (χ0) is 22.0. The maximum atomic E-state index is 12.3. The fraction of sp³-hybridized carbons (Fsp3) is 0.0500. The summed E-state index contributed by atoms with van der Waals surface area (Å²) in [4.78, 5) is 38.0. The number of hydrogen-bond acceptors (Lipinski definition) is 5. The van der Waals surface area contributed by atoms with Crippen LogP contribution in [0.2, 0.25) is 0 Å². The molecule has 0 spiro atoms. The zero-order valence-corrected chi connectivity index (χ0v) is 18.3. The summed E-state index contributed by atoms with van der Waals surface area (Å²) in [5, 5.41) is 19.2. The van der Waals surface area contributed by atoms with Crippen LogP contribution in [0, 0.1) is 0 Å². The highest BCUT2D eigenvalue weighted by Crippen LogP contribution is 2.38. The molecule has 0 saturated carbocycles. The molecule has 1 aromatic heterocycles. The van der Waals surface area contributed by atoms with Crippen molar-refractivity contribution in [2.45, 2.75) is 6.61 Å². The first kappa shape index (κ1) is 21.6. The van der Waals surface area contributed by atoms with Crippen molar-refractivity contribution < 1.29 is 24.5 Å². The SMILES string of the molecule is Nc1[nH]c(=O)c(C(=O)O)c(-c2cc(Br)ccc2OCc2cccc(Br)c2)c1C(=O)O. The normalized spacial score (nSPS) is 10.6. The number of carboxylic acids is 2. The van der Waals surface area contributed by atoms with Crippen LogP contribution in [0.25, 0.3) is 11.1 Å². The van der Waals surface area contributed by atoms with Crippen molar-refractivity contribution in [1.82, 2.24) is 4.98 Å². The molecule has 5 N–H and O–H groups in total. The Morgan fingerprint density at radius 3 is 2.30 bits per heavy atom. The number of benzene rings is 2. The number of nitrogens with one attached hydrogen (secondary N) is 1. The maximum Gasteiger partial charge on any atom is 0.342 e. The molecule has 0 unspecified atom stereocenters. The molecular weight excluding hydrogens is 524 g/mol. The number of nitrogen functional groups attached to an aromatic ring is 1. The van der Waals surface area contributed by atoms with Crippen molar-refractivity contribution in [3.63, 3.8) is 0 Å². The molecule has 3 rings (SSSR count). The smallest absolute Gasteiger partial charge is 0.342 e. The average molecular weight is 538 g/mol. The first-order valence-electron chi connectivity index (χ1n) is 8.38. The van der Waals surface area contributed by atoms with Gasteiger partial charge in [-0.05, 0) is 35.9 Å². The second-order valence-electron chi connectivity index (χ2n) is 6.16. The highest BCUT2D eigenvalue weighted by Gasteiger charge is 2.28. The van der Waals surface area contributed by atoms with Gasteiger partial charge in [0.2, 0.25) is 0 Å². The van der Waals surface area contributed by atoms with Crippen LogP contribution in [0.3, 0.4) is 0 Å². The van der Waals surface area contributed by atoms with Crippen LogP contribution in [-0.4, -0.2) is 27.1 Å². The maximum absolute atomic E-state index is 12.3. The van der Waals surface area contributed by atoms with Crippen LogP contribution in [0.1, 0.15) is 26.3 Å². The van der Waals surface area contributed by atoms with Gasteiger partial charge in [-0.3, -0.25) is 4.79 Å². The number of carbonyl (C=O) groups is 2. The number of nitrogens with two attached hydrogens (primary N) is 1. The predicted molar refractivity (Wildman–Crippen MR) is 117 cm³/mol. The standard InChI is InChI=1S/C20H14Br2N2O6/c21-10-3-1-2-9(6-10)8-30-13-5-4-11(22)7-12(13)14-15(19(26)27)17(23)24-18(25)16(14)20(28)29/h1-7H,8H2,(H,26,27)(H,28,29)(H3,23,24,25). The largest absolute Gasteiger partial charge is 0.488 e. The lowest BCUT2D eigenvalue weighted by molar-refractivity contribution is 0.0695. The molecule has 0 aliphatic heterocycles. The lowest BCUT2D eigenvalue weighted by Gasteiger charge is -2.17. The van der Waals surface area contributed by atoms with Crippen molar-refractivity contribution in [3.05, 3.63) is 78.5 Å². The molecule has 0 radical (unpaired) electrons. The number of carboxylic acid groups (broad SMARTS) is 2. The fourth-order valence-corrected chi connectivity index (χ4v) is 3.74. The number of halogens is 2. The highest BCUT2D eigenvalue weighted by atomic mass is 79.9. The van der Waals surface area contributed by atoms with E-state index >= 15 is 0 Å². The second kappa shape index (κ2) is 8.72. The molecule has 0 atom stereocenters. The van der Waals surface area contributed by atoms with Gasteiger partial charge in [-0.1, -0.05) is 44.0 Å². The van der Waals surface area contributed by atoms with Gasteiger partial charge in [-0.25, -0.2) is 9.59 Å².